The molecule has 2 N–H and O–H groups in total. The van der Waals surface area contributed by atoms with Crippen molar-refractivity contribution in [3.8, 4) is 5.75 Å². The lowest BCUT2D eigenvalue weighted by Gasteiger charge is -2.05. The molecule has 0 aliphatic carbocycles. The van der Waals surface area contributed by atoms with Crippen LogP contribution in [0.4, 0.5) is 0 Å². The number of benzene rings is 1. The number of rotatable bonds is 9. The maximum absolute atomic E-state index is 11.8. The average molecular weight is 377 g/mol. The zero-order chi connectivity index (χ0) is 17.9. The lowest BCUT2D eigenvalue weighted by molar-refractivity contribution is -0.120. The smallest absolute Gasteiger partial charge is 0.240 e. The zero-order valence-electron chi connectivity index (χ0n) is 14.1. The van der Waals surface area contributed by atoms with Crippen molar-refractivity contribution in [2.75, 3.05) is 12.8 Å². The van der Waals surface area contributed by atoms with Gasteiger partial charge in [-0.25, -0.2) is 10.4 Å². The molecule has 25 heavy (non-hydrogen) atoms. The number of hydrogen-bond acceptors (Lipinski definition) is 7. The fourth-order valence-corrected chi connectivity index (χ4v) is 3.65. The molecule has 1 aromatic carbocycles. The van der Waals surface area contributed by atoms with E-state index in [0.717, 1.165) is 16.3 Å². The highest BCUT2D eigenvalue weighted by atomic mass is 33.1. The molecular formula is C17H20N4O2S2. The predicted molar refractivity (Wildman–Crippen MR) is 104 cm³/mol. The van der Waals surface area contributed by atoms with Crippen molar-refractivity contribution >= 4 is 33.2 Å². The van der Waals surface area contributed by atoms with Crippen LogP contribution < -0.4 is 15.7 Å². The van der Waals surface area contributed by atoms with Crippen LogP contribution in [0.15, 0.2) is 58.8 Å². The molecule has 0 saturated carbocycles. The Morgan fingerprint density at radius 2 is 2.04 bits per heavy atom. The first kappa shape index (κ1) is 19.3. The number of hydrazone groups is 1. The summed E-state index contributed by atoms with van der Waals surface area (Å²) in [6.07, 6.45) is 2.15. The molecule has 6 nitrogen and oxygen atoms in total. The first-order chi connectivity index (χ1) is 12.2. The van der Waals surface area contributed by atoms with Gasteiger partial charge in [0.25, 0.3) is 0 Å². The normalized spacial score (nSPS) is 11.2. The minimum atomic E-state index is -0.108. The second kappa shape index (κ2) is 10.8. The number of nitrogens with zero attached hydrogens (tertiary/aromatic N) is 2. The molecule has 0 aliphatic heterocycles. The number of pyridine rings is 1. The molecule has 2 rings (SSSR count). The molecule has 0 fully saturated rings. The number of aromatic nitrogens is 1. The lowest BCUT2D eigenvalue weighted by Crippen LogP contribution is -2.19. The molecule has 1 heterocycles. The summed E-state index contributed by atoms with van der Waals surface area (Å²) in [5, 5.41) is 5.08. The Kier molecular flexibility index (Phi) is 8.30. The molecule has 0 radical (unpaired) electrons. The number of nitrogens with one attached hydrogen (secondary N) is 2. The van der Waals surface area contributed by atoms with Crippen molar-refractivity contribution in [3.05, 3.63) is 54.2 Å². The van der Waals surface area contributed by atoms with Crippen LogP contribution >= 0.6 is 21.6 Å². The van der Waals surface area contributed by atoms with Gasteiger partial charge in [-0.3, -0.25) is 4.79 Å². The number of carbonyl (C=O) groups excluding carboxylic acids is 1. The Bertz CT molecular complexity index is 694. The third-order valence-electron chi connectivity index (χ3n) is 3.03. The van der Waals surface area contributed by atoms with Crippen LogP contribution in [-0.4, -0.2) is 29.4 Å². The van der Waals surface area contributed by atoms with E-state index in [1.54, 1.807) is 34.8 Å². The van der Waals surface area contributed by atoms with Gasteiger partial charge >= 0.3 is 0 Å². The molecule has 1 amide bonds. The summed E-state index contributed by atoms with van der Waals surface area (Å²) in [6.45, 7) is 1.85. The standard InChI is InChI=1S/C17H20N4O2S2/c1-13(14-6-8-15(9-7-14)23-18-2)20-21-16(22)10-12-24-25-17-5-3-4-11-19-17/h3-9,11,18H,10,12H2,1-2H3,(H,21,22)/b20-13+. The lowest BCUT2D eigenvalue weighted by atomic mass is 10.1. The maximum Gasteiger partial charge on any atom is 0.240 e. The quantitative estimate of drug-likeness (QED) is 0.303. The van der Waals surface area contributed by atoms with Crippen LogP contribution in [0.3, 0.4) is 0 Å². The van der Waals surface area contributed by atoms with Gasteiger partial charge in [0, 0.05) is 25.4 Å². The predicted octanol–water partition coefficient (Wildman–Crippen LogP) is 3.27. The Labute approximate surface area is 155 Å². The van der Waals surface area contributed by atoms with Crippen LogP contribution in [0.5, 0.6) is 5.75 Å². The van der Waals surface area contributed by atoms with E-state index in [4.69, 9.17) is 4.84 Å². The zero-order valence-corrected chi connectivity index (χ0v) is 15.7. The van der Waals surface area contributed by atoms with E-state index in [1.165, 1.54) is 0 Å². The van der Waals surface area contributed by atoms with Crippen LogP contribution in [-0.2, 0) is 4.79 Å². The summed E-state index contributed by atoms with van der Waals surface area (Å²) in [4.78, 5) is 21.2. The highest BCUT2D eigenvalue weighted by Gasteiger charge is 2.03. The van der Waals surface area contributed by atoms with E-state index in [2.05, 4.69) is 21.0 Å². The van der Waals surface area contributed by atoms with E-state index in [9.17, 15) is 4.79 Å². The summed E-state index contributed by atoms with van der Waals surface area (Å²) in [7, 11) is 4.86. The molecule has 0 unspecified atom stereocenters. The van der Waals surface area contributed by atoms with Gasteiger partial charge < -0.3 is 4.84 Å². The van der Waals surface area contributed by atoms with Gasteiger partial charge in [0.2, 0.25) is 5.91 Å². The second-order valence-electron chi connectivity index (χ2n) is 4.89. The van der Waals surface area contributed by atoms with Gasteiger partial charge in [-0.15, -0.1) is 0 Å². The number of hydrogen-bond donors (Lipinski definition) is 2. The summed E-state index contributed by atoms with van der Waals surface area (Å²) < 4.78 is 0. The van der Waals surface area contributed by atoms with Crippen molar-refractivity contribution in [2.24, 2.45) is 5.10 Å². The van der Waals surface area contributed by atoms with E-state index < -0.39 is 0 Å². The average Bonchev–Trinajstić information content (AvgIpc) is 2.65. The summed E-state index contributed by atoms with van der Waals surface area (Å²) in [6, 6.07) is 13.2. The number of hydroxylamine groups is 1. The fourth-order valence-electron chi connectivity index (χ4n) is 1.78. The fraction of sp³-hybridized carbons (Fsp3) is 0.235. The third kappa shape index (κ3) is 7.16. The Morgan fingerprint density at radius 3 is 2.72 bits per heavy atom. The van der Waals surface area contributed by atoms with E-state index in [0.29, 0.717) is 17.9 Å². The summed E-state index contributed by atoms with van der Waals surface area (Å²) in [5.41, 5.74) is 6.86. The minimum absolute atomic E-state index is 0.108. The Hall–Kier alpha value is -2.03. The maximum atomic E-state index is 11.8. The van der Waals surface area contributed by atoms with Crippen molar-refractivity contribution in [3.63, 3.8) is 0 Å². The molecule has 0 bridgehead atoms. The molecule has 132 valence electrons. The number of amides is 1. The van der Waals surface area contributed by atoms with Crippen LogP contribution in [0.25, 0.3) is 0 Å². The van der Waals surface area contributed by atoms with Crippen molar-refractivity contribution < 1.29 is 9.63 Å². The van der Waals surface area contributed by atoms with Gasteiger partial charge in [-0.05, 0) is 59.7 Å². The molecule has 1 aromatic heterocycles. The minimum Gasteiger partial charge on any atom is -0.409 e. The van der Waals surface area contributed by atoms with Crippen LogP contribution in [0.1, 0.15) is 18.9 Å². The number of carbonyl (C=O) groups is 1. The van der Waals surface area contributed by atoms with Crippen LogP contribution in [0, 0.1) is 0 Å². The van der Waals surface area contributed by atoms with E-state index in [1.807, 2.05) is 49.4 Å². The van der Waals surface area contributed by atoms with E-state index in [-0.39, 0.29) is 5.91 Å². The van der Waals surface area contributed by atoms with Crippen molar-refractivity contribution in [1.82, 2.24) is 15.9 Å². The first-order valence-corrected chi connectivity index (χ1v) is 9.98. The van der Waals surface area contributed by atoms with Crippen molar-refractivity contribution in [1.29, 1.82) is 0 Å². The Morgan fingerprint density at radius 1 is 1.24 bits per heavy atom. The molecule has 0 aliphatic rings. The molecule has 2 aromatic rings. The Balaban J connectivity index is 1.71. The second-order valence-corrected chi connectivity index (χ2v) is 7.32. The van der Waals surface area contributed by atoms with Crippen LogP contribution in [0.2, 0.25) is 0 Å². The van der Waals surface area contributed by atoms with Crippen molar-refractivity contribution in [2.45, 2.75) is 18.4 Å². The third-order valence-corrected chi connectivity index (χ3v) is 5.30. The SMILES string of the molecule is CNOc1ccc(/C(C)=N/NC(=O)CCSSc2ccccn2)cc1. The monoisotopic (exact) mass is 376 g/mol. The van der Waals surface area contributed by atoms with E-state index >= 15 is 0 Å². The van der Waals surface area contributed by atoms with Gasteiger partial charge in [0.15, 0.2) is 0 Å². The molecule has 8 heteroatoms. The van der Waals surface area contributed by atoms with Gasteiger partial charge in [0.05, 0.1) is 5.71 Å². The van der Waals surface area contributed by atoms with Gasteiger partial charge in [0.1, 0.15) is 10.8 Å². The first-order valence-electron chi connectivity index (χ1n) is 7.66. The topological polar surface area (TPSA) is 75.6 Å². The highest BCUT2D eigenvalue weighted by Crippen LogP contribution is 2.29. The van der Waals surface area contributed by atoms with Gasteiger partial charge in [-0.1, -0.05) is 16.9 Å². The van der Waals surface area contributed by atoms with Gasteiger partial charge in [-0.2, -0.15) is 10.6 Å². The summed E-state index contributed by atoms with van der Waals surface area (Å²) >= 11 is 0. The largest absolute Gasteiger partial charge is 0.409 e. The molecular weight excluding hydrogens is 356 g/mol. The highest BCUT2D eigenvalue weighted by molar-refractivity contribution is 8.76. The molecule has 0 atom stereocenters. The molecule has 0 saturated heterocycles. The summed E-state index contributed by atoms with van der Waals surface area (Å²) in [5.74, 6) is 1.30. The molecule has 0 spiro atoms.